The number of rotatable bonds is 7. The van der Waals surface area contributed by atoms with Crippen molar-refractivity contribution >= 4 is 71.4 Å². The summed E-state index contributed by atoms with van der Waals surface area (Å²) < 4.78 is 4.94. The Kier molecular flexibility index (Phi) is 8.17. The molecule has 0 atom stereocenters. The van der Waals surface area contributed by atoms with Crippen LogP contribution in [0, 0.1) is 0 Å². The highest BCUT2D eigenvalue weighted by Crippen LogP contribution is 2.47. The monoisotopic (exact) mass is 777 g/mol. The number of aromatic nitrogens is 2. The Morgan fingerprint density at radius 2 is 0.820 bits per heavy atom. The van der Waals surface area contributed by atoms with Crippen molar-refractivity contribution in [3.8, 4) is 33.6 Å². The lowest BCUT2D eigenvalue weighted by Gasteiger charge is -2.27. The van der Waals surface area contributed by atoms with Crippen molar-refractivity contribution in [2.24, 2.45) is 0 Å². The molecule has 0 fully saturated rings. The molecule has 2 heterocycles. The first-order valence-corrected chi connectivity index (χ1v) is 20.9. The molecule has 10 aromatic carbocycles. The highest BCUT2D eigenvalue weighted by Gasteiger charge is 2.25. The molecule has 0 aliphatic heterocycles. The minimum Gasteiger partial charge on any atom is -0.310 e. The molecule has 286 valence electrons. The molecule has 0 radical (unpaired) electrons. The minimum absolute atomic E-state index is 1.09. The largest absolute Gasteiger partial charge is 0.310 e. The molecular formula is C58H39N3. The van der Waals surface area contributed by atoms with Gasteiger partial charge in [0.05, 0.1) is 22.1 Å². The third-order valence-corrected chi connectivity index (χ3v) is 12.2. The molecule has 3 heteroatoms. The zero-order valence-corrected chi connectivity index (χ0v) is 33.4. The van der Waals surface area contributed by atoms with Crippen molar-refractivity contribution in [2.75, 3.05) is 4.90 Å². The predicted octanol–water partition coefficient (Wildman–Crippen LogP) is 15.8. The van der Waals surface area contributed by atoms with Crippen LogP contribution in [0.3, 0.4) is 0 Å². The van der Waals surface area contributed by atoms with E-state index in [2.05, 4.69) is 251 Å². The summed E-state index contributed by atoms with van der Waals surface area (Å²) in [6, 6.07) is 86.0. The molecule has 0 aliphatic carbocycles. The van der Waals surface area contributed by atoms with Gasteiger partial charge in [-0.25, -0.2) is 0 Å². The fourth-order valence-corrected chi connectivity index (χ4v) is 9.52. The van der Waals surface area contributed by atoms with E-state index in [-0.39, 0.29) is 0 Å². The lowest BCUT2D eigenvalue weighted by Crippen LogP contribution is -2.10. The second-order valence-electron chi connectivity index (χ2n) is 15.8. The van der Waals surface area contributed by atoms with Gasteiger partial charge in [-0.1, -0.05) is 158 Å². The lowest BCUT2D eigenvalue weighted by molar-refractivity contribution is 1.15. The van der Waals surface area contributed by atoms with E-state index >= 15 is 0 Å². The summed E-state index contributed by atoms with van der Waals surface area (Å²) in [5, 5.41) is 7.32. The summed E-state index contributed by atoms with van der Waals surface area (Å²) in [4.78, 5) is 2.40. The average molecular weight is 778 g/mol. The van der Waals surface area contributed by atoms with Gasteiger partial charge in [-0.05, 0) is 112 Å². The Morgan fingerprint density at radius 1 is 0.295 bits per heavy atom. The van der Waals surface area contributed by atoms with Gasteiger partial charge < -0.3 is 14.0 Å². The summed E-state index contributed by atoms with van der Waals surface area (Å²) in [6.45, 7) is 0. The van der Waals surface area contributed by atoms with Gasteiger partial charge in [0.2, 0.25) is 0 Å². The van der Waals surface area contributed by atoms with Gasteiger partial charge in [-0.2, -0.15) is 0 Å². The lowest BCUT2D eigenvalue weighted by atomic mass is 9.96. The fourth-order valence-electron chi connectivity index (χ4n) is 9.52. The summed E-state index contributed by atoms with van der Waals surface area (Å²) in [6.07, 6.45) is 0. The van der Waals surface area contributed by atoms with E-state index < -0.39 is 0 Å². The van der Waals surface area contributed by atoms with Gasteiger partial charge in [0.25, 0.3) is 0 Å². The number of anilines is 3. The highest BCUT2D eigenvalue weighted by molar-refractivity contribution is 6.28. The Balaban J connectivity index is 1.15. The number of hydrogen-bond donors (Lipinski definition) is 0. The molecular weight excluding hydrogens is 739 g/mol. The molecule has 0 unspecified atom stereocenters. The van der Waals surface area contributed by atoms with Crippen molar-refractivity contribution in [2.45, 2.75) is 0 Å². The predicted molar refractivity (Wildman–Crippen MR) is 258 cm³/mol. The van der Waals surface area contributed by atoms with Crippen LogP contribution in [0.5, 0.6) is 0 Å². The van der Waals surface area contributed by atoms with Crippen LogP contribution in [-0.2, 0) is 0 Å². The molecule has 0 bridgehead atoms. The van der Waals surface area contributed by atoms with Crippen LogP contribution in [0.25, 0.3) is 88.0 Å². The van der Waals surface area contributed by atoms with Crippen LogP contribution in [0.2, 0.25) is 0 Å². The maximum atomic E-state index is 2.48. The van der Waals surface area contributed by atoms with Crippen LogP contribution < -0.4 is 4.90 Å². The van der Waals surface area contributed by atoms with Crippen molar-refractivity contribution in [3.05, 3.63) is 237 Å². The highest BCUT2D eigenvalue weighted by atomic mass is 15.1. The fraction of sp³-hybridized carbons (Fsp3) is 0. The normalized spacial score (nSPS) is 11.6. The number of fused-ring (bicyclic) bond motifs is 8. The van der Waals surface area contributed by atoms with E-state index in [1.807, 2.05) is 0 Å². The summed E-state index contributed by atoms with van der Waals surface area (Å²) in [5.74, 6) is 0. The maximum Gasteiger partial charge on any atom is 0.0795 e. The molecule has 0 saturated carbocycles. The molecule has 12 rings (SSSR count). The first-order valence-electron chi connectivity index (χ1n) is 20.9. The van der Waals surface area contributed by atoms with Gasteiger partial charge in [0, 0.05) is 50.0 Å². The van der Waals surface area contributed by atoms with E-state index in [1.54, 1.807) is 0 Å². The van der Waals surface area contributed by atoms with E-state index in [0.717, 1.165) is 34.0 Å². The van der Waals surface area contributed by atoms with Gasteiger partial charge in [-0.3, -0.25) is 0 Å². The SMILES string of the molecule is c1ccc(-c2ccc(N(c3cccc(-c4cc5c6ccccc6n(-c6ccccc6)c5c5c4c4ccccc4n5-c4ccccc4)c3)c3ccc4ccccc4c3)cc2)cc1. The molecule has 0 amide bonds. The van der Waals surface area contributed by atoms with E-state index in [0.29, 0.717) is 0 Å². The van der Waals surface area contributed by atoms with Gasteiger partial charge in [0.15, 0.2) is 0 Å². The number of nitrogens with zero attached hydrogens (tertiary/aromatic N) is 3. The second-order valence-corrected chi connectivity index (χ2v) is 15.8. The summed E-state index contributed by atoms with van der Waals surface area (Å²) in [5.41, 5.74) is 15.1. The van der Waals surface area contributed by atoms with Crippen LogP contribution in [0.1, 0.15) is 0 Å². The number of para-hydroxylation sites is 4. The zero-order valence-electron chi connectivity index (χ0n) is 33.4. The Hall–Kier alpha value is -8.14. The maximum absolute atomic E-state index is 2.48. The second kappa shape index (κ2) is 14.3. The van der Waals surface area contributed by atoms with Crippen molar-refractivity contribution < 1.29 is 0 Å². The topological polar surface area (TPSA) is 13.1 Å². The smallest absolute Gasteiger partial charge is 0.0795 e. The molecule has 0 N–H and O–H groups in total. The van der Waals surface area contributed by atoms with E-state index in [4.69, 9.17) is 0 Å². The van der Waals surface area contributed by atoms with Crippen molar-refractivity contribution in [1.82, 2.24) is 9.13 Å². The standard InChI is InChI=1S/C58H39N3/c1-4-17-40(18-5-1)42-31-34-47(35-32-42)59(49-36-33-41-19-10-11-20-43(41)37-49)48-26-16-21-44(38-48)52-39-53-50-27-12-14-29-54(50)60(45-22-6-2-7-23-45)57(53)58-56(52)51-28-13-15-30-55(51)61(58)46-24-8-3-9-25-46/h1-39H. The molecule has 3 nitrogen and oxygen atoms in total. The quantitative estimate of drug-likeness (QED) is 0.157. The first-order chi connectivity index (χ1) is 30.3. The Labute approximate surface area is 354 Å². The van der Waals surface area contributed by atoms with Gasteiger partial charge >= 0.3 is 0 Å². The van der Waals surface area contributed by atoms with Gasteiger partial charge in [0.1, 0.15) is 0 Å². The van der Waals surface area contributed by atoms with E-state index in [9.17, 15) is 0 Å². The Morgan fingerprint density at radius 3 is 1.54 bits per heavy atom. The van der Waals surface area contributed by atoms with Crippen LogP contribution in [0.15, 0.2) is 237 Å². The first kappa shape index (κ1) is 34.9. The van der Waals surface area contributed by atoms with Gasteiger partial charge in [-0.15, -0.1) is 0 Å². The average Bonchev–Trinajstić information content (AvgIpc) is 3.86. The molecule has 0 spiro atoms. The molecule has 0 saturated heterocycles. The van der Waals surface area contributed by atoms with Crippen molar-refractivity contribution in [1.29, 1.82) is 0 Å². The molecule has 0 aliphatic rings. The van der Waals surface area contributed by atoms with Crippen LogP contribution >= 0.6 is 0 Å². The van der Waals surface area contributed by atoms with E-state index in [1.165, 1.54) is 71.1 Å². The zero-order chi connectivity index (χ0) is 40.3. The van der Waals surface area contributed by atoms with Crippen LogP contribution in [-0.4, -0.2) is 9.13 Å². The minimum atomic E-state index is 1.09. The third-order valence-electron chi connectivity index (χ3n) is 12.2. The summed E-state index contributed by atoms with van der Waals surface area (Å²) >= 11 is 0. The molecule has 12 aromatic rings. The number of hydrogen-bond acceptors (Lipinski definition) is 1. The van der Waals surface area contributed by atoms with Crippen molar-refractivity contribution in [3.63, 3.8) is 0 Å². The Bertz CT molecular complexity index is 3560. The molecule has 2 aromatic heterocycles. The summed E-state index contributed by atoms with van der Waals surface area (Å²) in [7, 11) is 0. The third kappa shape index (κ3) is 5.74. The van der Waals surface area contributed by atoms with Crippen LogP contribution in [0.4, 0.5) is 17.1 Å². The number of benzene rings is 10. The molecule has 61 heavy (non-hydrogen) atoms.